The van der Waals surface area contributed by atoms with Crippen LogP contribution in [-0.4, -0.2) is 49.3 Å². The van der Waals surface area contributed by atoms with Gasteiger partial charge in [-0.15, -0.1) is 0 Å². The van der Waals surface area contributed by atoms with Gasteiger partial charge < -0.3 is 20.1 Å². The fourth-order valence-electron chi connectivity index (χ4n) is 6.21. The lowest BCUT2D eigenvalue weighted by Gasteiger charge is -2.19. The number of phosphoric ester groups is 1. The number of ether oxygens (including phenoxy) is 2. The lowest BCUT2D eigenvalue weighted by atomic mass is 10.1. The molecule has 0 amide bonds. The summed E-state index contributed by atoms with van der Waals surface area (Å²) in [6.45, 7) is 3.72. The van der Waals surface area contributed by atoms with E-state index in [2.05, 4.69) is 38.2 Å². The van der Waals surface area contributed by atoms with Gasteiger partial charge in [0.05, 0.1) is 13.2 Å². The first-order valence-corrected chi connectivity index (χ1v) is 23.8. The van der Waals surface area contributed by atoms with Crippen molar-refractivity contribution in [1.29, 1.82) is 0 Å². The summed E-state index contributed by atoms with van der Waals surface area (Å²) in [5.74, 6) is -0.838. The summed E-state index contributed by atoms with van der Waals surface area (Å²) in [6.07, 6.45) is 43.5. The Balaban J connectivity index is 4.12. The van der Waals surface area contributed by atoms with Gasteiger partial charge >= 0.3 is 19.8 Å². The molecule has 0 heterocycles. The van der Waals surface area contributed by atoms with Crippen LogP contribution in [0, 0.1) is 0 Å². The van der Waals surface area contributed by atoms with Crippen LogP contribution in [0.25, 0.3) is 0 Å². The van der Waals surface area contributed by atoms with Crippen LogP contribution in [0.3, 0.4) is 0 Å². The molecule has 318 valence electrons. The van der Waals surface area contributed by atoms with Gasteiger partial charge in [0.25, 0.3) is 0 Å². The number of unbranched alkanes of at least 4 members (excludes halogenated alkanes) is 25. The highest BCUT2D eigenvalue weighted by atomic mass is 31.2. The van der Waals surface area contributed by atoms with Crippen LogP contribution in [0.1, 0.15) is 213 Å². The van der Waals surface area contributed by atoms with Crippen LogP contribution >= 0.6 is 7.82 Å². The maximum atomic E-state index is 12.6. The molecule has 3 N–H and O–H groups in total. The number of hydrogen-bond donors (Lipinski definition) is 2. The van der Waals surface area contributed by atoms with E-state index in [1.807, 2.05) is 0 Å². The van der Waals surface area contributed by atoms with Crippen LogP contribution in [0.15, 0.2) is 24.3 Å². The van der Waals surface area contributed by atoms with Crippen LogP contribution < -0.4 is 5.73 Å². The lowest BCUT2D eigenvalue weighted by molar-refractivity contribution is -0.161. The zero-order valence-corrected chi connectivity index (χ0v) is 35.9. The van der Waals surface area contributed by atoms with E-state index in [-0.39, 0.29) is 38.6 Å². The van der Waals surface area contributed by atoms with Gasteiger partial charge in [-0.3, -0.25) is 18.6 Å². The predicted molar refractivity (Wildman–Crippen MR) is 224 cm³/mol. The monoisotopic (exact) mass is 786 g/mol. The fraction of sp³-hybridized carbons (Fsp3) is 0.864. The van der Waals surface area contributed by atoms with Gasteiger partial charge in [0, 0.05) is 19.4 Å². The standard InChI is InChI=1S/C44H84NO8P/c1-3-5-7-9-11-13-15-17-19-20-21-22-23-25-26-28-30-32-34-36-43(46)50-40-42(41-52-54(48,49)51-39-38-45)53-44(47)37-35-33-31-29-27-24-18-16-14-12-10-8-6-4-2/h16,18,20-21,42H,3-15,17,19,22-41,45H2,1-2H3,(H,48,49)/b18-16-,21-20-/t42-/m1/s1. The van der Waals surface area contributed by atoms with Gasteiger partial charge in [-0.1, -0.05) is 160 Å². The highest BCUT2D eigenvalue weighted by Gasteiger charge is 2.26. The molecule has 2 atom stereocenters. The molecular formula is C44H84NO8P. The van der Waals surface area contributed by atoms with E-state index in [4.69, 9.17) is 24.3 Å². The first-order valence-electron chi connectivity index (χ1n) is 22.3. The molecule has 9 nitrogen and oxygen atoms in total. The molecule has 0 aromatic rings. The highest BCUT2D eigenvalue weighted by molar-refractivity contribution is 7.47. The summed E-state index contributed by atoms with van der Waals surface area (Å²) in [5.41, 5.74) is 5.35. The quantitative estimate of drug-likeness (QED) is 0.0268. The number of carbonyl (C=O) groups is 2. The van der Waals surface area contributed by atoms with Gasteiger partial charge in [-0.25, -0.2) is 4.57 Å². The van der Waals surface area contributed by atoms with Crippen molar-refractivity contribution >= 4 is 19.8 Å². The van der Waals surface area contributed by atoms with Crippen molar-refractivity contribution in [2.24, 2.45) is 5.73 Å². The van der Waals surface area contributed by atoms with Crippen molar-refractivity contribution < 1.29 is 37.6 Å². The Kier molecular flexibility index (Phi) is 40.0. The molecular weight excluding hydrogens is 701 g/mol. The fourth-order valence-corrected chi connectivity index (χ4v) is 6.98. The Bertz CT molecular complexity index is 944. The minimum Gasteiger partial charge on any atom is -0.462 e. The Labute approximate surface area is 332 Å². The van der Waals surface area contributed by atoms with Crippen molar-refractivity contribution in [2.75, 3.05) is 26.4 Å². The summed E-state index contributed by atoms with van der Waals surface area (Å²) in [6, 6.07) is 0. The molecule has 0 aliphatic carbocycles. The number of allylic oxidation sites excluding steroid dienone is 4. The summed E-state index contributed by atoms with van der Waals surface area (Å²) in [7, 11) is -4.38. The zero-order chi connectivity index (χ0) is 39.6. The van der Waals surface area contributed by atoms with Crippen molar-refractivity contribution in [3.63, 3.8) is 0 Å². The van der Waals surface area contributed by atoms with E-state index in [0.29, 0.717) is 6.42 Å². The molecule has 0 fully saturated rings. The van der Waals surface area contributed by atoms with Crippen molar-refractivity contribution in [3.8, 4) is 0 Å². The number of phosphoric acid groups is 1. The number of rotatable bonds is 42. The van der Waals surface area contributed by atoms with Crippen LogP contribution in [0.4, 0.5) is 0 Å². The molecule has 0 aromatic carbocycles. The van der Waals surface area contributed by atoms with E-state index in [1.165, 1.54) is 122 Å². The third kappa shape index (κ3) is 40.2. The summed E-state index contributed by atoms with van der Waals surface area (Å²) in [4.78, 5) is 34.9. The Morgan fingerprint density at radius 3 is 1.31 bits per heavy atom. The molecule has 1 unspecified atom stereocenters. The first kappa shape index (κ1) is 52.5. The first-order chi connectivity index (χ1) is 26.3. The van der Waals surface area contributed by atoms with Gasteiger partial charge in [0.15, 0.2) is 6.10 Å². The molecule has 0 rings (SSSR count). The summed E-state index contributed by atoms with van der Waals surface area (Å²) in [5, 5.41) is 0. The smallest absolute Gasteiger partial charge is 0.462 e. The Hall–Kier alpha value is -1.51. The molecule has 0 bridgehead atoms. The van der Waals surface area contributed by atoms with Crippen LogP contribution in [0.5, 0.6) is 0 Å². The maximum absolute atomic E-state index is 12.6. The van der Waals surface area contributed by atoms with Gasteiger partial charge in [-0.05, 0) is 64.2 Å². The van der Waals surface area contributed by atoms with E-state index < -0.39 is 26.5 Å². The topological polar surface area (TPSA) is 134 Å². The second-order valence-electron chi connectivity index (χ2n) is 14.9. The third-order valence-corrected chi connectivity index (χ3v) is 10.5. The molecule has 54 heavy (non-hydrogen) atoms. The van der Waals surface area contributed by atoms with Crippen LogP contribution in [0.2, 0.25) is 0 Å². The predicted octanol–water partition coefficient (Wildman–Crippen LogP) is 12.8. The third-order valence-electron chi connectivity index (χ3n) is 9.56. The molecule has 0 aliphatic rings. The Morgan fingerprint density at radius 2 is 0.907 bits per heavy atom. The van der Waals surface area contributed by atoms with Crippen molar-refractivity contribution in [3.05, 3.63) is 24.3 Å². The lowest BCUT2D eigenvalue weighted by Crippen LogP contribution is -2.29. The SMILES string of the molecule is CCCCCCC/C=C\CCCCCCCC(=O)O[C@H](COC(=O)CCCCCCCCC/C=C\CCCCCCCCCC)COP(=O)(O)OCCN. The van der Waals surface area contributed by atoms with Crippen molar-refractivity contribution in [2.45, 2.75) is 219 Å². The normalized spacial score (nSPS) is 13.5. The summed E-state index contributed by atoms with van der Waals surface area (Å²) >= 11 is 0. The molecule has 10 heteroatoms. The molecule has 0 saturated carbocycles. The molecule has 0 radical (unpaired) electrons. The average molecular weight is 786 g/mol. The minimum absolute atomic E-state index is 0.0525. The molecule has 0 aromatic heterocycles. The highest BCUT2D eigenvalue weighted by Crippen LogP contribution is 2.43. The minimum atomic E-state index is -4.38. The number of carbonyl (C=O) groups excluding carboxylic acids is 2. The van der Waals surface area contributed by atoms with Crippen molar-refractivity contribution in [1.82, 2.24) is 0 Å². The van der Waals surface area contributed by atoms with Gasteiger partial charge in [0.1, 0.15) is 6.61 Å². The van der Waals surface area contributed by atoms with E-state index in [9.17, 15) is 19.0 Å². The van der Waals surface area contributed by atoms with E-state index in [1.54, 1.807) is 0 Å². The Morgan fingerprint density at radius 1 is 0.537 bits per heavy atom. The number of nitrogens with two attached hydrogens (primary N) is 1. The van der Waals surface area contributed by atoms with Crippen LogP contribution in [-0.2, 0) is 32.7 Å². The summed E-state index contributed by atoms with van der Waals surface area (Å²) < 4.78 is 32.8. The number of hydrogen-bond acceptors (Lipinski definition) is 8. The van der Waals surface area contributed by atoms with Gasteiger partial charge in [-0.2, -0.15) is 0 Å². The number of esters is 2. The zero-order valence-electron chi connectivity index (χ0n) is 35.0. The second-order valence-corrected chi connectivity index (χ2v) is 16.4. The average Bonchev–Trinajstić information content (AvgIpc) is 3.16. The maximum Gasteiger partial charge on any atom is 0.472 e. The van der Waals surface area contributed by atoms with E-state index in [0.717, 1.165) is 57.8 Å². The largest absolute Gasteiger partial charge is 0.472 e. The molecule has 0 aliphatic heterocycles. The molecule has 0 saturated heterocycles. The van der Waals surface area contributed by atoms with Gasteiger partial charge in [0.2, 0.25) is 0 Å². The second kappa shape index (κ2) is 41.1. The molecule has 0 spiro atoms. The van der Waals surface area contributed by atoms with E-state index >= 15 is 0 Å².